The number of hydrogen-bond donors (Lipinski definition) is 1. The number of nitrogens with two attached hydrogens (primary N) is 1. The lowest BCUT2D eigenvalue weighted by atomic mass is 10.1. The van der Waals surface area contributed by atoms with Gasteiger partial charge in [-0.15, -0.1) is 0 Å². The van der Waals surface area contributed by atoms with Gasteiger partial charge in [-0.1, -0.05) is 17.7 Å². The molecule has 0 aromatic heterocycles. The lowest BCUT2D eigenvalue weighted by Crippen LogP contribution is -2.04. The Balaban J connectivity index is 2.39. The van der Waals surface area contributed by atoms with Gasteiger partial charge in [-0.05, 0) is 69.1 Å². The lowest BCUT2D eigenvalue weighted by Gasteiger charge is -2.14. The Labute approximate surface area is 145 Å². The van der Waals surface area contributed by atoms with Gasteiger partial charge in [0.05, 0.1) is 16.1 Å². The van der Waals surface area contributed by atoms with Crippen LogP contribution in [-0.2, 0) is 6.42 Å². The van der Waals surface area contributed by atoms with Crippen LogP contribution in [0.1, 0.15) is 5.56 Å². The Hall–Kier alpha value is -0.750. The normalized spacial score (nSPS) is 10.5. The van der Waals surface area contributed by atoms with Crippen molar-refractivity contribution in [3.63, 3.8) is 0 Å². The van der Waals surface area contributed by atoms with Crippen molar-refractivity contribution in [2.75, 3.05) is 13.7 Å². The molecule has 0 aliphatic heterocycles. The summed E-state index contributed by atoms with van der Waals surface area (Å²) < 4.78 is 12.8. The number of halogens is 3. The van der Waals surface area contributed by atoms with E-state index in [1.54, 1.807) is 7.11 Å². The van der Waals surface area contributed by atoms with E-state index in [2.05, 4.69) is 31.9 Å². The second kappa shape index (κ2) is 7.49. The molecule has 3 nitrogen and oxygen atoms in total. The summed E-state index contributed by atoms with van der Waals surface area (Å²) in [5.74, 6) is 2.09. The Morgan fingerprint density at radius 3 is 2.43 bits per heavy atom. The first-order chi connectivity index (χ1) is 10.1. The lowest BCUT2D eigenvalue weighted by molar-refractivity contribution is 0.409. The molecular weight excluding hydrogens is 421 g/mol. The van der Waals surface area contributed by atoms with E-state index in [9.17, 15) is 0 Å². The molecule has 2 aromatic carbocycles. The summed E-state index contributed by atoms with van der Waals surface area (Å²) in [6.07, 6.45) is 0.657. The second-order valence-corrected chi connectivity index (χ2v) is 6.39. The highest BCUT2D eigenvalue weighted by Gasteiger charge is 2.13. The maximum atomic E-state index is 6.22. The van der Waals surface area contributed by atoms with Gasteiger partial charge in [-0.2, -0.15) is 0 Å². The molecule has 0 fully saturated rings. The largest absolute Gasteiger partial charge is 0.496 e. The fourth-order valence-corrected chi connectivity index (χ4v) is 3.03. The molecule has 0 atom stereocenters. The molecule has 6 heteroatoms. The number of methoxy groups -OCH3 is 1. The predicted molar refractivity (Wildman–Crippen MR) is 92.7 cm³/mol. The summed E-state index contributed by atoms with van der Waals surface area (Å²) in [6.45, 7) is 0.508. The van der Waals surface area contributed by atoms with Gasteiger partial charge in [0.2, 0.25) is 0 Å². The molecule has 112 valence electrons. The third-order valence-corrected chi connectivity index (χ3v) is 4.49. The van der Waals surface area contributed by atoms with Gasteiger partial charge < -0.3 is 15.2 Å². The average molecular weight is 436 g/mol. The highest BCUT2D eigenvalue weighted by molar-refractivity contribution is 9.11. The first-order valence-electron chi connectivity index (χ1n) is 6.25. The van der Waals surface area contributed by atoms with Crippen molar-refractivity contribution >= 4 is 43.5 Å². The summed E-state index contributed by atoms with van der Waals surface area (Å²) in [4.78, 5) is 0. The van der Waals surface area contributed by atoms with Crippen molar-refractivity contribution in [2.24, 2.45) is 5.73 Å². The average Bonchev–Trinajstić information content (AvgIpc) is 2.46. The van der Waals surface area contributed by atoms with E-state index in [1.807, 2.05) is 30.3 Å². The minimum atomic E-state index is 0.508. The molecule has 21 heavy (non-hydrogen) atoms. The highest BCUT2D eigenvalue weighted by Crippen LogP contribution is 2.39. The van der Waals surface area contributed by atoms with Crippen molar-refractivity contribution in [3.8, 4) is 17.2 Å². The number of benzene rings is 2. The fourth-order valence-electron chi connectivity index (χ4n) is 1.88. The van der Waals surface area contributed by atoms with E-state index in [4.69, 9.17) is 26.8 Å². The molecule has 2 N–H and O–H groups in total. The van der Waals surface area contributed by atoms with E-state index in [0.29, 0.717) is 29.5 Å². The monoisotopic (exact) mass is 433 g/mol. The van der Waals surface area contributed by atoms with Crippen LogP contribution < -0.4 is 15.2 Å². The van der Waals surface area contributed by atoms with Gasteiger partial charge in [-0.25, -0.2) is 0 Å². The van der Waals surface area contributed by atoms with Crippen LogP contribution in [-0.4, -0.2) is 13.7 Å². The number of ether oxygens (including phenoxy) is 2. The first kappa shape index (κ1) is 16.6. The summed E-state index contributed by atoms with van der Waals surface area (Å²) >= 11 is 13.1. The van der Waals surface area contributed by atoms with Gasteiger partial charge in [0.25, 0.3) is 0 Å². The van der Waals surface area contributed by atoms with Crippen molar-refractivity contribution in [2.45, 2.75) is 6.42 Å². The van der Waals surface area contributed by atoms with Crippen LogP contribution in [0.25, 0.3) is 0 Å². The zero-order chi connectivity index (χ0) is 15.4. The van der Waals surface area contributed by atoms with E-state index in [1.165, 1.54) is 0 Å². The van der Waals surface area contributed by atoms with E-state index < -0.39 is 0 Å². The van der Waals surface area contributed by atoms with Crippen LogP contribution in [0.15, 0.2) is 39.3 Å². The summed E-state index contributed by atoms with van der Waals surface area (Å²) in [6, 6.07) is 9.24. The molecule has 0 saturated carbocycles. The molecule has 0 heterocycles. The predicted octanol–water partition coefficient (Wildman–Crippen LogP) is 5.17. The molecule has 2 aromatic rings. The molecule has 0 aliphatic rings. The Morgan fingerprint density at radius 2 is 1.76 bits per heavy atom. The van der Waals surface area contributed by atoms with Crippen LogP contribution in [0.3, 0.4) is 0 Å². The number of hydrogen-bond acceptors (Lipinski definition) is 3. The van der Waals surface area contributed by atoms with Crippen molar-refractivity contribution in [1.82, 2.24) is 0 Å². The summed E-state index contributed by atoms with van der Waals surface area (Å²) in [5.41, 5.74) is 6.54. The zero-order valence-electron chi connectivity index (χ0n) is 11.3. The van der Waals surface area contributed by atoms with Crippen molar-refractivity contribution in [1.29, 1.82) is 0 Å². The van der Waals surface area contributed by atoms with Crippen molar-refractivity contribution in [3.05, 3.63) is 49.9 Å². The molecule has 0 spiro atoms. The molecule has 0 radical (unpaired) electrons. The molecule has 0 saturated heterocycles. The van der Waals surface area contributed by atoms with Gasteiger partial charge in [0, 0.05) is 10.6 Å². The smallest absolute Gasteiger partial charge is 0.143 e. The maximum absolute atomic E-state index is 6.22. The van der Waals surface area contributed by atoms with Crippen LogP contribution in [0.2, 0.25) is 5.02 Å². The van der Waals surface area contributed by atoms with Gasteiger partial charge >= 0.3 is 0 Å². The standard InChI is InChI=1S/C15H14Br2ClNO2/c1-20-14-7-11(17)15(8-10(14)16)21-13-4-2-3-12(18)9(13)5-6-19/h2-4,7-8H,5-6,19H2,1H3. The third kappa shape index (κ3) is 3.92. The molecule has 0 unspecified atom stereocenters. The maximum Gasteiger partial charge on any atom is 0.143 e. The van der Waals surface area contributed by atoms with E-state index in [0.717, 1.165) is 20.3 Å². The molecular formula is C15H14Br2ClNO2. The van der Waals surface area contributed by atoms with Crippen LogP contribution >= 0.6 is 43.5 Å². The van der Waals surface area contributed by atoms with E-state index >= 15 is 0 Å². The van der Waals surface area contributed by atoms with Crippen LogP contribution in [0.5, 0.6) is 17.2 Å². The van der Waals surface area contributed by atoms with Crippen LogP contribution in [0, 0.1) is 0 Å². The third-order valence-electron chi connectivity index (χ3n) is 2.90. The SMILES string of the molecule is COc1cc(Br)c(Oc2cccc(Cl)c2CCN)cc1Br. The van der Waals surface area contributed by atoms with Crippen molar-refractivity contribution < 1.29 is 9.47 Å². The van der Waals surface area contributed by atoms with Gasteiger partial charge in [-0.3, -0.25) is 0 Å². The Kier molecular flexibility index (Phi) is 5.93. The summed E-state index contributed by atoms with van der Waals surface area (Å²) in [5, 5.41) is 0.654. The number of rotatable bonds is 5. The molecule has 0 amide bonds. The van der Waals surface area contributed by atoms with Crippen LogP contribution in [0.4, 0.5) is 0 Å². The summed E-state index contributed by atoms with van der Waals surface area (Å²) in [7, 11) is 1.61. The quantitative estimate of drug-likeness (QED) is 0.705. The topological polar surface area (TPSA) is 44.5 Å². The van der Waals surface area contributed by atoms with Gasteiger partial charge in [0.1, 0.15) is 17.2 Å². The first-order valence-corrected chi connectivity index (χ1v) is 8.21. The zero-order valence-corrected chi connectivity index (χ0v) is 15.3. The Bertz CT molecular complexity index is 650. The van der Waals surface area contributed by atoms with E-state index in [-0.39, 0.29) is 0 Å². The molecule has 0 aliphatic carbocycles. The molecule has 2 rings (SSSR count). The fraction of sp³-hybridized carbons (Fsp3) is 0.200. The minimum absolute atomic E-state index is 0.508. The second-order valence-electron chi connectivity index (χ2n) is 4.27. The van der Waals surface area contributed by atoms with Gasteiger partial charge in [0.15, 0.2) is 0 Å². The molecule has 0 bridgehead atoms. The Morgan fingerprint density at radius 1 is 1.10 bits per heavy atom. The minimum Gasteiger partial charge on any atom is -0.496 e. The highest BCUT2D eigenvalue weighted by atomic mass is 79.9.